The molecule has 4 aliphatic rings. The molecule has 0 spiro atoms. The van der Waals surface area contributed by atoms with Crippen LogP contribution in [0.15, 0.2) is 54.1 Å². The molecule has 8 rings (SSSR count). The van der Waals surface area contributed by atoms with Gasteiger partial charge in [0, 0.05) is 45.9 Å². The summed E-state index contributed by atoms with van der Waals surface area (Å²) in [4.78, 5) is 61.4. The van der Waals surface area contributed by atoms with Crippen LogP contribution in [-0.4, -0.2) is 56.1 Å². The van der Waals surface area contributed by atoms with Crippen molar-refractivity contribution in [1.29, 1.82) is 0 Å². The van der Waals surface area contributed by atoms with E-state index in [4.69, 9.17) is 21.4 Å². The lowest BCUT2D eigenvalue weighted by Crippen LogP contribution is -2.49. The van der Waals surface area contributed by atoms with Crippen molar-refractivity contribution >= 4 is 62.5 Å². The maximum Gasteiger partial charge on any atom is 0.242 e. The number of fused-ring (bicyclic) bond motifs is 5. The summed E-state index contributed by atoms with van der Waals surface area (Å²) in [6.07, 6.45) is 2.60. The number of hydrogen-bond acceptors (Lipinski definition) is 8. The predicted molar refractivity (Wildman–Crippen MR) is 195 cm³/mol. The van der Waals surface area contributed by atoms with Gasteiger partial charge in [-0.15, -0.1) is 11.3 Å². The van der Waals surface area contributed by atoms with Crippen LogP contribution in [0.3, 0.4) is 0 Å². The van der Waals surface area contributed by atoms with E-state index >= 15 is 4.79 Å². The topological polar surface area (TPSA) is 122 Å². The number of aryl methyl sites for hydroxylation is 2. The number of ether oxygens (including phenoxy) is 1. The average molecular weight is 727 g/mol. The maximum absolute atomic E-state index is 15.1. The van der Waals surface area contributed by atoms with Crippen LogP contribution < -0.4 is 9.64 Å². The minimum absolute atomic E-state index is 0.00333. The van der Waals surface area contributed by atoms with Crippen LogP contribution in [0.25, 0.3) is 20.7 Å². The van der Waals surface area contributed by atoms with Crippen molar-refractivity contribution in [2.75, 3.05) is 12.0 Å². The lowest BCUT2D eigenvalue weighted by Gasteiger charge is -2.49. The summed E-state index contributed by atoms with van der Waals surface area (Å²) in [6, 6.07) is 12.3. The molecule has 51 heavy (non-hydrogen) atoms. The van der Waals surface area contributed by atoms with Gasteiger partial charge in [0.1, 0.15) is 23.0 Å². The molecule has 0 radical (unpaired) electrons. The third-order valence-corrected chi connectivity index (χ3v) is 13.2. The first-order valence-corrected chi connectivity index (χ1v) is 18.3. The highest BCUT2D eigenvalue weighted by Gasteiger charge is 2.68. The number of aromatic nitrogens is 2. The molecule has 2 aliphatic carbocycles. The summed E-state index contributed by atoms with van der Waals surface area (Å²) in [5.41, 5.74) is 1.14. The molecule has 4 amide bonds. The molecule has 6 unspecified atom stereocenters. The van der Waals surface area contributed by atoms with Crippen LogP contribution in [0.5, 0.6) is 11.5 Å². The minimum atomic E-state index is -1.28. The second-order valence-corrected chi connectivity index (χ2v) is 17.0. The normalized spacial score (nSPS) is 27.6. The summed E-state index contributed by atoms with van der Waals surface area (Å²) in [7, 11) is 3.22. The van der Waals surface area contributed by atoms with Crippen LogP contribution in [-0.2, 0) is 26.2 Å². The number of aromatic hydroxyl groups is 1. The summed E-state index contributed by atoms with van der Waals surface area (Å²) in [6.45, 7) is 9.40. The second kappa shape index (κ2) is 11.3. The molecule has 4 aromatic rings. The number of likely N-dealkylation sites (tertiary alicyclic amines) is 1. The smallest absolute Gasteiger partial charge is 0.242 e. The highest BCUT2D eigenvalue weighted by Crippen LogP contribution is 2.65. The molecular weight excluding hydrogens is 688 g/mol. The van der Waals surface area contributed by atoms with Gasteiger partial charge in [-0.25, -0.2) is 4.90 Å². The fourth-order valence-corrected chi connectivity index (χ4v) is 10.7. The second-order valence-electron chi connectivity index (χ2n) is 15.5. The quantitative estimate of drug-likeness (QED) is 0.177. The maximum atomic E-state index is 15.1. The van der Waals surface area contributed by atoms with E-state index in [0.717, 1.165) is 26.1 Å². The number of rotatable bonds is 4. The Morgan fingerprint density at radius 2 is 1.76 bits per heavy atom. The van der Waals surface area contributed by atoms with Crippen LogP contribution in [0.2, 0.25) is 5.02 Å². The molecule has 3 fully saturated rings. The number of nitrogens with zero attached hydrogens (tertiary/aromatic N) is 4. The number of thiophene rings is 1. The minimum Gasteiger partial charge on any atom is -0.508 e. The van der Waals surface area contributed by atoms with Gasteiger partial charge in [0.05, 0.1) is 35.2 Å². The standard InChI is InChI=1S/C39H39ClN4O6S/c1-18-24-14-19(40)8-13-29(24)51-33(18)27-17-30(42(6)41-27)43-35(47)26-16-25-21(11-12-23-31(25)36(48)44(34(23)46)38(2,3)4)32(39(26,5)37(43)49)22-10-9-20(45)15-28(22)50-7/h8-11,13-15,17,23,25-26,31-32,45H,12,16H2,1-7H3. The first-order valence-electron chi connectivity index (χ1n) is 17.1. The Hall–Kier alpha value is -4.48. The van der Waals surface area contributed by atoms with Crippen LogP contribution in [0.4, 0.5) is 5.82 Å². The number of benzene rings is 2. The largest absolute Gasteiger partial charge is 0.508 e. The number of hydrogen-bond donors (Lipinski definition) is 1. The number of halogens is 1. The van der Waals surface area contributed by atoms with Gasteiger partial charge < -0.3 is 9.84 Å². The van der Waals surface area contributed by atoms with E-state index in [1.165, 1.54) is 23.0 Å². The van der Waals surface area contributed by atoms with Gasteiger partial charge in [0.25, 0.3) is 0 Å². The monoisotopic (exact) mass is 726 g/mol. The Bertz CT molecular complexity index is 2250. The van der Waals surface area contributed by atoms with E-state index in [1.54, 1.807) is 41.3 Å². The van der Waals surface area contributed by atoms with Gasteiger partial charge in [-0.1, -0.05) is 29.3 Å². The van der Waals surface area contributed by atoms with Crippen molar-refractivity contribution in [2.24, 2.45) is 36.1 Å². The molecule has 6 atom stereocenters. The third kappa shape index (κ3) is 4.63. The van der Waals surface area contributed by atoms with Crippen molar-refractivity contribution in [3.63, 3.8) is 0 Å². The molecule has 10 nitrogen and oxygen atoms in total. The van der Waals surface area contributed by atoms with E-state index < -0.39 is 40.5 Å². The SMILES string of the molecule is COc1cc(O)ccc1C1C2=CCC3C(=O)N(C(C)(C)C)C(=O)C3C2CC2C(=O)N(c3cc(-c4sc5ccc(Cl)cc5c4C)nn3C)C(=O)C21C. The van der Waals surface area contributed by atoms with Crippen molar-refractivity contribution in [3.8, 4) is 22.1 Å². The van der Waals surface area contributed by atoms with Gasteiger partial charge in [-0.2, -0.15) is 5.10 Å². The Kier molecular flexibility index (Phi) is 7.43. The fraction of sp³-hybridized carbons (Fsp3) is 0.410. The molecule has 4 heterocycles. The fourth-order valence-electron chi connectivity index (χ4n) is 9.39. The zero-order valence-corrected chi connectivity index (χ0v) is 31.1. The van der Waals surface area contributed by atoms with Crippen molar-refractivity contribution in [1.82, 2.24) is 14.7 Å². The Balaban J connectivity index is 1.27. The van der Waals surface area contributed by atoms with Gasteiger partial charge in [0.2, 0.25) is 23.6 Å². The molecule has 2 aliphatic heterocycles. The van der Waals surface area contributed by atoms with E-state index in [0.29, 0.717) is 34.3 Å². The number of phenolic OH excluding ortho intramolecular Hbond substituents is 1. The number of methoxy groups -OCH3 is 1. The number of amides is 4. The van der Waals surface area contributed by atoms with E-state index in [1.807, 2.05) is 58.9 Å². The number of anilines is 1. The zero-order valence-electron chi connectivity index (χ0n) is 29.5. The van der Waals surface area contributed by atoms with Gasteiger partial charge >= 0.3 is 0 Å². The molecule has 264 valence electrons. The Labute approximate surface area is 304 Å². The Morgan fingerprint density at radius 3 is 2.47 bits per heavy atom. The highest BCUT2D eigenvalue weighted by atomic mass is 35.5. The van der Waals surface area contributed by atoms with Crippen molar-refractivity contribution in [3.05, 3.63) is 70.3 Å². The number of phenols is 1. The van der Waals surface area contributed by atoms with E-state index in [-0.39, 0.29) is 35.8 Å². The number of carbonyl (C=O) groups excluding carboxylic acids is 4. The van der Waals surface area contributed by atoms with Gasteiger partial charge in [-0.05, 0) is 88.6 Å². The van der Waals surface area contributed by atoms with Crippen molar-refractivity contribution in [2.45, 2.75) is 58.9 Å². The Morgan fingerprint density at radius 1 is 1.02 bits per heavy atom. The lowest BCUT2D eigenvalue weighted by atomic mass is 9.51. The summed E-state index contributed by atoms with van der Waals surface area (Å²) < 4.78 is 8.40. The zero-order chi connectivity index (χ0) is 36.5. The van der Waals surface area contributed by atoms with E-state index in [2.05, 4.69) is 0 Å². The summed E-state index contributed by atoms with van der Waals surface area (Å²) in [5.74, 6) is -3.61. The molecule has 0 bridgehead atoms. The molecule has 2 aromatic heterocycles. The molecule has 12 heteroatoms. The molecule has 1 N–H and O–H groups in total. The first kappa shape index (κ1) is 33.7. The van der Waals surface area contributed by atoms with Crippen molar-refractivity contribution < 1.29 is 29.0 Å². The molecular formula is C39H39ClN4O6S. The average Bonchev–Trinajstić information content (AvgIpc) is 3.74. The number of carbonyl (C=O) groups is 4. The van der Waals surface area contributed by atoms with E-state index in [9.17, 15) is 19.5 Å². The van der Waals surface area contributed by atoms with Crippen LogP contribution in [0.1, 0.15) is 57.6 Å². The number of allylic oxidation sites excluding steroid dienone is 2. The number of imide groups is 2. The summed E-state index contributed by atoms with van der Waals surface area (Å²) in [5, 5.41) is 16.9. The third-order valence-electron chi connectivity index (χ3n) is 11.7. The predicted octanol–water partition coefficient (Wildman–Crippen LogP) is 7.01. The summed E-state index contributed by atoms with van der Waals surface area (Å²) >= 11 is 7.88. The molecule has 2 aromatic carbocycles. The molecule has 2 saturated heterocycles. The van der Waals surface area contributed by atoms with Gasteiger partial charge in [-0.3, -0.25) is 28.8 Å². The van der Waals surface area contributed by atoms with Gasteiger partial charge in [0.15, 0.2) is 0 Å². The first-order chi connectivity index (χ1) is 24.1. The lowest BCUT2D eigenvalue weighted by molar-refractivity contribution is -0.145. The van der Waals surface area contributed by atoms with Crippen LogP contribution >= 0.6 is 22.9 Å². The van der Waals surface area contributed by atoms with Crippen LogP contribution in [0, 0.1) is 36.0 Å². The molecule has 1 saturated carbocycles. The highest BCUT2D eigenvalue weighted by molar-refractivity contribution is 7.22.